The quantitative estimate of drug-likeness (QED) is 0.440. The number of hydrogen-bond acceptors (Lipinski definition) is 3. The van der Waals surface area contributed by atoms with E-state index in [-0.39, 0.29) is 13.4 Å². The van der Waals surface area contributed by atoms with Crippen LogP contribution in [0.5, 0.6) is 0 Å². The summed E-state index contributed by atoms with van der Waals surface area (Å²) in [4.78, 5) is 11.1. The highest BCUT2D eigenvalue weighted by Crippen LogP contribution is 2.17. The van der Waals surface area contributed by atoms with Gasteiger partial charge in [-0.15, -0.1) is 0 Å². The number of ether oxygens (including phenoxy) is 1. The maximum atomic E-state index is 11.1. The molecule has 0 spiro atoms. The van der Waals surface area contributed by atoms with Crippen LogP contribution in [-0.4, -0.2) is 28.9 Å². The van der Waals surface area contributed by atoms with Crippen molar-refractivity contribution in [3.63, 3.8) is 0 Å². The summed E-state index contributed by atoms with van der Waals surface area (Å²) in [5.74, 6) is 0.654. The van der Waals surface area contributed by atoms with E-state index in [0.717, 1.165) is 5.75 Å². The molecule has 74 valence electrons. The Kier molecular flexibility index (Phi) is 8.36. The van der Waals surface area contributed by atoms with Gasteiger partial charge >= 0.3 is 5.97 Å². The standard InChI is InChI=1S/C7H13BrO2S.CH4/c1-7(2,8)6(9)10-4-5-11-3;/h4-5H2,1-3H3;1H4. The van der Waals surface area contributed by atoms with Gasteiger partial charge < -0.3 is 4.74 Å². The van der Waals surface area contributed by atoms with Gasteiger partial charge in [-0.1, -0.05) is 23.4 Å². The Morgan fingerprint density at radius 2 is 2.08 bits per heavy atom. The molecule has 0 bridgehead atoms. The highest BCUT2D eigenvalue weighted by Gasteiger charge is 2.24. The van der Waals surface area contributed by atoms with Crippen molar-refractivity contribution in [3.05, 3.63) is 0 Å². The Morgan fingerprint density at radius 3 is 2.42 bits per heavy atom. The molecule has 0 N–H and O–H groups in total. The fourth-order valence-electron chi connectivity index (χ4n) is 0.389. The molecule has 0 aromatic carbocycles. The second-order valence-corrected chi connectivity index (χ2v) is 5.57. The van der Waals surface area contributed by atoms with E-state index in [1.165, 1.54) is 0 Å². The van der Waals surface area contributed by atoms with Gasteiger partial charge in [-0.05, 0) is 20.1 Å². The summed E-state index contributed by atoms with van der Waals surface area (Å²) in [6.07, 6.45) is 1.98. The van der Waals surface area contributed by atoms with Gasteiger partial charge in [0.15, 0.2) is 0 Å². The molecule has 0 aromatic rings. The van der Waals surface area contributed by atoms with Crippen molar-refractivity contribution in [1.29, 1.82) is 0 Å². The van der Waals surface area contributed by atoms with Crippen LogP contribution < -0.4 is 0 Å². The van der Waals surface area contributed by atoms with Crippen molar-refractivity contribution in [2.45, 2.75) is 25.6 Å². The van der Waals surface area contributed by atoms with Gasteiger partial charge in [0.1, 0.15) is 10.9 Å². The maximum absolute atomic E-state index is 11.1. The maximum Gasteiger partial charge on any atom is 0.322 e. The number of esters is 1. The van der Waals surface area contributed by atoms with E-state index in [4.69, 9.17) is 4.74 Å². The molecule has 0 radical (unpaired) electrons. The summed E-state index contributed by atoms with van der Waals surface area (Å²) in [6, 6.07) is 0. The summed E-state index contributed by atoms with van der Waals surface area (Å²) >= 11 is 4.88. The van der Waals surface area contributed by atoms with Crippen LogP contribution in [0.3, 0.4) is 0 Å². The van der Waals surface area contributed by atoms with Gasteiger partial charge in [-0.3, -0.25) is 4.79 Å². The van der Waals surface area contributed by atoms with Crippen molar-refractivity contribution in [2.24, 2.45) is 0 Å². The predicted octanol–water partition coefficient (Wildman–Crippen LogP) is 2.70. The van der Waals surface area contributed by atoms with E-state index in [1.807, 2.05) is 6.26 Å². The lowest BCUT2D eigenvalue weighted by molar-refractivity contribution is -0.144. The molecule has 0 amide bonds. The lowest BCUT2D eigenvalue weighted by Crippen LogP contribution is -2.27. The molecule has 4 heteroatoms. The molecule has 0 aromatic heterocycles. The Labute approximate surface area is 87.6 Å². The third kappa shape index (κ3) is 6.98. The largest absolute Gasteiger partial charge is 0.464 e. The molecule has 0 aliphatic heterocycles. The summed E-state index contributed by atoms with van der Waals surface area (Å²) in [7, 11) is 0. The molecule has 0 atom stereocenters. The smallest absolute Gasteiger partial charge is 0.322 e. The molecule has 2 nitrogen and oxygen atoms in total. The van der Waals surface area contributed by atoms with Gasteiger partial charge in [-0.25, -0.2) is 0 Å². The zero-order valence-corrected chi connectivity index (χ0v) is 9.42. The Balaban J connectivity index is 0. The first-order valence-corrected chi connectivity index (χ1v) is 5.52. The summed E-state index contributed by atoms with van der Waals surface area (Å²) in [6.45, 7) is 4.04. The van der Waals surface area contributed by atoms with Crippen molar-refractivity contribution in [3.8, 4) is 0 Å². The summed E-state index contributed by atoms with van der Waals surface area (Å²) in [5, 5.41) is 0. The number of carbonyl (C=O) groups excluding carboxylic acids is 1. The van der Waals surface area contributed by atoms with Crippen LogP contribution >= 0.6 is 27.7 Å². The summed E-state index contributed by atoms with van der Waals surface area (Å²) < 4.78 is 4.39. The Morgan fingerprint density at radius 1 is 1.58 bits per heavy atom. The van der Waals surface area contributed by atoms with Gasteiger partial charge in [0.2, 0.25) is 0 Å². The highest BCUT2D eigenvalue weighted by atomic mass is 79.9. The van der Waals surface area contributed by atoms with E-state index < -0.39 is 4.32 Å². The molecule has 0 unspecified atom stereocenters. The predicted molar refractivity (Wildman–Crippen MR) is 59.1 cm³/mol. The van der Waals surface area contributed by atoms with Crippen LogP contribution in [0.1, 0.15) is 21.3 Å². The first-order chi connectivity index (χ1) is 4.98. The van der Waals surface area contributed by atoms with Gasteiger partial charge in [0.25, 0.3) is 0 Å². The van der Waals surface area contributed by atoms with Crippen LogP contribution in [0.2, 0.25) is 0 Å². The Hall–Kier alpha value is 0.300. The average Bonchev–Trinajstić information content (AvgIpc) is 1.86. The minimum absolute atomic E-state index is 0. The SMILES string of the molecule is C.CSCCOC(=O)C(C)(C)Br. The molecule has 0 rings (SSSR count). The van der Waals surface area contributed by atoms with E-state index in [1.54, 1.807) is 25.6 Å². The average molecular weight is 257 g/mol. The lowest BCUT2D eigenvalue weighted by Gasteiger charge is -2.14. The van der Waals surface area contributed by atoms with E-state index in [9.17, 15) is 4.79 Å². The van der Waals surface area contributed by atoms with E-state index in [0.29, 0.717) is 6.61 Å². The zero-order valence-electron chi connectivity index (χ0n) is 7.02. The fourth-order valence-corrected chi connectivity index (χ4v) is 0.754. The number of hydrogen-bond donors (Lipinski definition) is 0. The molecule has 0 saturated heterocycles. The third-order valence-electron chi connectivity index (χ3n) is 1.01. The molecule has 0 fully saturated rings. The van der Waals surface area contributed by atoms with Crippen LogP contribution in [-0.2, 0) is 9.53 Å². The first-order valence-electron chi connectivity index (χ1n) is 3.33. The molecular formula is C8H17BrO2S. The van der Waals surface area contributed by atoms with Crippen LogP contribution in [0, 0.1) is 0 Å². The summed E-state index contributed by atoms with van der Waals surface area (Å²) in [5.41, 5.74) is 0. The third-order valence-corrected chi connectivity index (χ3v) is 1.90. The second kappa shape index (κ2) is 6.78. The van der Waals surface area contributed by atoms with E-state index in [2.05, 4.69) is 15.9 Å². The zero-order chi connectivity index (χ0) is 8.91. The molecule has 0 aliphatic rings. The topological polar surface area (TPSA) is 26.3 Å². The molecule has 0 saturated carbocycles. The van der Waals surface area contributed by atoms with Crippen LogP contribution in [0.15, 0.2) is 0 Å². The number of thioether (sulfide) groups is 1. The normalized spacial score (nSPS) is 10.3. The lowest BCUT2D eigenvalue weighted by atomic mass is 10.2. The highest BCUT2D eigenvalue weighted by molar-refractivity contribution is 9.10. The monoisotopic (exact) mass is 256 g/mol. The minimum atomic E-state index is -0.550. The Bertz CT molecular complexity index is 132. The van der Waals surface area contributed by atoms with E-state index >= 15 is 0 Å². The van der Waals surface area contributed by atoms with Gasteiger partial charge in [0.05, 0.1) is 0 Å². The molecule has 0 heterocycles. The number of carbonyl (C=O) groups is 1. The van der Waals surface area contributed by atoms with Gasteiger partial charge in [-0.2, -0.15) is 11.8 Å². The first kappa shape index (κ1) is 14.8. The minimum Gasteiger partial charge on any atom is -0.464 e. The van der Waals surface area contributed by atoms with Crippen LogP contribution in [0.4, 0.5) is 0 Å². The second-order valence-electron chi connectivity index (χ2n) is 2.60. The number of halogens is 1. The number of alkyl halides is 1. The van der Waals surface area contributed by atoms with Crippen molar-refractivity contribution < 1.29 is 9.53 Å². The van der Waals surface area contributed by atoms with Crippen molar-refractivity contribution in [1.82, 2.24) is 0 Å². The molecule has 0 aliphatic carbocycles. The van der Waals surface area contributed by atoms with Crippen molar-refractivity contribution in [2.75, 3.05) is 18.6 Å². The fraction of sp³-hybridized carbons (Fsp3) is 0.875. The van der Waals surface area contributed by atoms with Gasteiger partial charge in [0, 0.05) is 5.75 Å². The molecule has 12 heavy (non-hydrogen) atoms. The number of rotatable bonds is 4. The van der Waals surface area contributed by atoms with Crippen LogP contribution in [0.25, 0.3) is 0 Å². The molecular weight excluding hydrogens is 240 g/mol. The van der Waals surface area contributed by atoms with Crippen molar-refractivity contribution >= 4 is 33.7 Å².